The van der Waals surface area contributed by atoms with E-state index >= 15 is 0 Å². The largest absolute Gasteiger partial charge is 0.349 e. The van der Waals surface area contributed by atoms with Gasteiger partial charge in [-0.2, -0.15) is 0 Å². The van der Waals surface area contributed by atoms with E-state index in [1.165, 1.54) is 11.8 Å². The minimum Gasteiger partial charge on any atom is -0.349 e. The highest BCUT2D eigenvalue weighted by Crippen LogP contribution is 2.25. The van der Waals surface area contributed by atoms with Crippen LogP contribution in [0.5, 0.6) is 0 Å². The van der Waals surface area contributed by atoms with Gasteiger partial charge in [0.15, 0.2) is 5.16 Å². The lowest BCUT2D eigenvalue weighted by Gasteiger charge is -2.15. The molecule has 1 aliphatic carbocycles. The highest BCUT2D eigenvalue weighted by Gasteiger charge is 2.20. The number of hydrogen-bond acceptors (Lipinski definition) is 5. The van der Waals surface area contributed by atoms with Crippen LogP contribution in [0.25, 0.3) is 5.69 Å². The molecule has 2 N–H and O–H groups in total. The van der Waals surface area contributed by atoms with Gasteiger partial charge in [-0.05, 0) is 50.5 Å². The number of nitrogens with one attached hydrogen (secondary N) is 2. The average Bonchev–Trinajstić information content (AvgIpc) is 3.42. The summed E-state index contributed by atoms with van der Waals surface area (Å²) in [7, 11) is 0. The Morgan fingerprint density at radius 3 is 2.53 bits per heavy atom. The van der Waals surface area contributed by atoms with Crippen LogP contribution >= 0.6 is 11.8 Å². The van der Waals surface area contributed by atoms with E-state index in [4.69, 9.17) is 0 Å². The summed E-state index contributed by atoms with van der Waals surface area (Å²) in [6.45, 7) is 3.92. The third kappa shape index (κ3) is 5.02. The van der Waals surface area contributed by atoms with Gasteiger partial charge in [0.2, 0.25) is 5.91 Å². The average molecular weight is 450 g/mol. The second kappa shape index (κ2) is 9.99. The SMILES string of the molecule is Cc1ccccc1-n1c(C)nnc1SCC(=O)Nc1ccccc1C(=O)NC1CCCC1. The van der Waals surface area contributed by atoms with Gasteiger partial charge in [-0.15, -0.1) is 10.2 Å². The molecule has 3 aromatic rings. The van der Waals surface area contributed by atoms with Crippen molar-refractivity contribution in [3.8, 4) is 5.69 Å². The van der Waals surface area contributed by atoms with Gasteiger partial charge >= 0.3 is 0 Å². The maximum atomic E-state index is 12.7. The summed E-state index contributed by atoms with van der Waals surface area (Å²) in [5.41, 5.74) is 3.09. The summed E-state index contributed by atoms with van der Waals surface area (Å²) in [5.74, 6) is 0.572. The van der Waals surface area contributed by atoms with Gasteiger partial charge in [0.1, 0.15) is 5.82 Å². The van der Waals surface area contributed by atoms with Crippen molar-refractivity contribution in [3.05, 3.63) is 65.5 Å². The van der Waals surface area contributed by atoms with Crippen LogP contribution in [0.4, 0.5) is 5.69 Å². The van der Waals surface area contributed by atoms with E-state index in [2.05, 4.69) is 20.8 Å². The number of carbonyl (C=O) groups is 2. The Kier molecular flexibility index (Phi) is 6.90. The minimum absolute atomic E-state index is 0.143. The molecule has 1 saturated carbocycles. The molecule has 32 heavy (non-hydrogen) atoms. The maximum Gasteiger partial charge on any atom is 0.253 e. The van der Waals surface area contributed by atoms with Crippen molar-refractivity contribution in [2.45, 2.75) is 50.7 Å². The lowest BCUT2D eigenvalue weighted by Crippen LogP contribution is -2.33. The first kappa shape index (κ1) is 22.1. The molecule has 0 radical (unpaired) electrons. The van der Waals surface area contributed by atoms with E-state index in [1.807, 2.05) is 48.7 Å². The Balaban J connectivity index is 1.43. The number of carbonyl (C=O) groups excluding carboxylic acids is 2. The van der Waals surface area contributed by atoms with Crippen LogP contribution in [0, 0.1) is 13.8 Å². The number of benzene rings is 2. The molecule has 0 bridgehead atoms. The van der Waals surface area contributed by atoms with E-state index in [0.717, 1.165) is 42.8 Å². The zero-order valence-corrected chi connectivity index (χ0v) is 19.1. The molecular weight excluding hydrogens is 422 g/mol. The molecule has 8 heteroatoms. The second-order valence-corrected chi connectivity index (χ2v) is 8.93. The summed E-state index contributed by atoms with van der Waals surface area (Å²) in [4.78, 5) is 25.4. The highest BCUT2D eigenvalue weighted by molar-refractivity contribution is 7.99. The molecule has 1 aliphatic rings. The predicted molar refractivity (Wildman–Crippen MR) is 126 cm³/mol. The molecule has 7 nitrogen and oxygen atoms in total. The summed E-state index contributed by atoms with van der Waals surface area (Å²) in [6.07, 6.45) is 4.32. The van der Waals surface area contributed by atoms with Crippen LogP contribution in [0.2, 0.25) is 0 Å². The smallest absolute Gasteiger partial charge is 0.253 e. The Morgan fingerprint density at radius 1 is 1.03 bits per heavy atom. The number of nitrogens with zero attached hydrogens (tertiary/aromatic N) is 3. The van der Waals surface area contributed by atoms with Crippen molar-refractivity contribution in [2.24, 2.45) is 0 Å². The van der Waals surface area contributed by atoms with Gasteiger partial charge in [0.25, 0.3) is 5.91 Å². The number of anilines is 1. The van der Waals surface area contributed by atoms with Gasteiger partial charge in [0, 0.05) is 6.04 Å². The third-order valence-corrected chi connectivity index (χ3v) is 6.55. The molecule has 0 unspecified atom stereocenters. The van der Waals surface area contributed by atoms with Crippen LogP contribution in [0.1, 0.15) is 47.4 Å². The van der Waals surface area contributed by atoms with Crippen molar-refractivity contribution >= 4 is 29.3 Å². The van der Waals surface area contributed by atoms with E-state index in [1.54, 1.807) is 18.2 Å². The lowest BCUT2D eigenvalue weighted by atomic mass is 10.1. The Morgan fingerprint density at radius 2 is 1.75 bits per heavy atom. The van der Waals surface area contributed by atoms with Crippen LogP contribution < -0.4 is 10.6 Å². The van der Waals surface area contributed by atoms with E-state index < -0.39 is 0 Å². The van der Waals surface area contributed by atoms with Crippen molar-refractivity contribution in [2.75, 3.05) is 11.1 Å². The summed E-state index contributed by atoms with van der Waals surface area (Å²) < 4.78 is 1.95. The fourth-order valence-corrected chi connectivity index (χ4v) is 4.76. The molecule has 0 saturated heterocycles. The Labute approximate surface area is 192 Å². The molecule has 1 fully saturated rings. The van der Waals surface area contributed by atoms with Crippen LogP contribution in [-0.2, 0) is 4.79 Å². The van der Waals surface area contributed by atoms with Gasteiger partial charge < -0.3 is 10.6 Å². The Hall–Kier alpha value is -3.13. The van der Waals surface area contributed by atoms with Crippen LogP contribution in [0.15, 0.2) is 53.7 Å². The third-order valence-electron chi connectivity index (χ3n) is 5.62. The molecule has 4 rings (SSSR count). The topological polar surface area (TPSA) is 88.9 Å². The maximum absolute atomic E-state index is 12.7. The summed E-state index contributed by atoms with van der Waals surface area (Å²) in [6, 6.07) is 15.3. The van der Waals surface area contributed by atoms with E-state index in [9.17, 15) is 9.59 Å². The molecule has 166 valence electrons. The van der Waals surface area contributed by atoms with Crippen molar-refractivity contribution in [1.82, 2.24) is 20.1 Å². The molecular formula is C24H27N5O2S. The molecule has 1 aromatic heterocycles. The number of rotatable bonds is 7. The standard InChI is InChI=1S/C24H27N5O2S/c1-16-9-3-8-14-21(16)29-17(2)27-28-24(29)32-15-22(30)26-20-13-7-6-12-19(20)23(31)25-18-10-4-5-11-18/h3,6-9,12-14,18H,4-5,10-11,15H2,1-2H3,(H,25,31)(H,26,30). The fraction of sp³-hybridized carbons (Fsp3) is 0.333. The lowest BCUT2D eigenvalue weighted by molar-refractivity contribution is -0.113. The second-order valence-electron chi connectivity index (χ2n) is 7.99. The summed E-state index contributed by atoms with van der Waals surface area (Å²) >= 11 is 1.32. The van der Waals surface area contributed by atoms with Gasteiger partial charge in [-0.1, -0.05) is 54.9 Å². The monoisotopic (exact) mass is 449 g/mol. The van der Waals surface area contributed by atoms with Gasteiger partial charge in [-0.3, -0.25) is 14.2 Å². The predicted octanol–water partition coefficient (Wildman–Crippen LogP) is 4.29. The first-order chi connectivity index (χ1) is 15.5. The first-order valence-electron chi connectivity index (χ1n) is 10.8. The first-order valence-corrected chi connectivity index (χ1v) is 11.8. The van der Waals surface area contributed by atoms with Crippen molar-refractivity contribution < 1.29 is 9.59 Å². The minimum atomic E-state index is -0.201. The molecule has 2 aromatic carbocycles. The number of hydrogen-bond donors (Lipinski definition) is 2. The summed E-state index contributed by atoms with van der Waals surface area (Å²) in [5, 5.41) is 15.1. The Bertz CT molecular complexity index is 1120. The molecule has 0 spiro atoms. The molecule has 2 amide bonds. The van der Waals surface area contributed by atoms with Crippen LogP contribution in [-0.4, -0.2) is 38.4 Å². The molecule has 1 heterocycles. The fourth-order valence-electron chi connectivity index (χ4n) is 3.97. The normalized spacial score (nSPS) is 13.8. The number of thioether (sulfide) groups is 1. The molecule has 0 aliphatic heterocycles. The quantitative estimate of drug-likeness (QED) is 0.526. The zero-order valence-electron chi connectivity index (χ0n) is 18.3. The van der Waals surface area contributed by atoms with Gasteiger partial charge in [0.05, 0.1) is 22.7 Å². The van der Waals surface area contributed by atoms with Crippen molar-refractivity contribution in [1.29, 1.82) is 0 Å². The van der Waals surface area contributed by atoms with Crippen LogP contribution in [0.3, 0.4) is 0 Å². The van der Waals surface area contributed by atoms with E-state index in [0.29, 0.717) is 16.4 Å². The highest BCUT2D eigenvalue weighted by atomic mass is 32.2. The number of amides is 2. The number of aryl methyl sites for hydroxylation is 2. The van der Waals surface area contributed by atoms with E-state index in [-0.39, 0.29) is 23.6 Å². The van der Waals surface area contributed by atoms with Gasteiger partial charge in [-0.25, -0.2) is 0 Å². The number of aromatic nitrogens is 3. The van der Waals surface area contributed by atoms with Crippen molar-refractivity contribution in [3.63, 3.8) is 0 Å². The number of para-hydroxylation sites is 2. The molecule has 0 atom stereocenters. The zero-order chi connectivity index (χ0) is 22.5.